The maximum atomic E-state index is 13.2. The standard InChI is InChI=1S/C21H21N7O/c1-25-10-7-17-19(25)14-27(21(29)18-6-9-23-26(18)2)11-15-12-28(24-20(15)17)13-16-5-3-4-8-22-16/h3-10,12H,11,13-14H2,1-2H3. The van der Waals surface area contributed by atoms with E-state index in [4.69, 9.17) is 5.10 Å². The van der Waals surface area contributed by atoms with Crippen molar-refractivity contribution in [1.29, 1.82) is 0 Å². The monoisotopic (exact) mass is 387 g/mol. The van der Waals surface area contributed by atoms with Gasteiger partial charge in [-0.3, -0.25) is 19.1 Å². The highest BCUT2D eigenvalue weighted by Gasteiger charge is 2.28. The number of pyridine rings is 1. The van der Waals surface area contributed by atoms with Crippen molar-refractivity contribution in [3.8, 4) is 11.3 Å². The molecular formula is C21H21N7O. The SMILES string of the molecule is Cn1ccc2c1CN(C(=O)c1ccnn1C)Cc1cn(Cc3ccccn3)nc1-2. The molecule has 4 aromatic heterocycles. The molecule has 0 aromatic carbocycles. The van der Waals surface area contributed by atoms with Crippen molar-refractivity contribution in [3.05, 3.63) is 77.8 Å². The molecule has 8 heteroatoms. The van der Waals surface area contributed by atoms with Crippen molar-refractivity contribution in [2.24, 2.45) is 14.1 Å². The quantitative estimate of drug-likeness (QED) is 0.540. The average molecular weight is 387 g/mol. The number of nitrogens with zero attached hydrogens (tertiary/aromatic N) is 7. The maximum absolute atomic E-state index is 13.2. The lowest BCUT2D eigenvalue weighted by molar-refractivity contribution is 0.0717. The smallest absolute Gasteiger partial charge is 0.272 e. The normalized spacial score (nSPS) is 13.1. The van der Waals surface area contributed by atoms with Gasteiger partial charge in [-0.05, 0) is 24.3 Å². The van der Waals surface area contributed by atoms with Crippen molar-refractivity contribution in [2.45, 2.75) is 19.6 Å². The summed E-state index contributed by atoms with van der Waals surface area (Å²) >= 11 is 0. The van der Waals surface area contributed by atoms with Crippen LogP contribution in [0.3, 0.4) is 0 Å². The van der Waals surface area contributed by atoms with Crippen molar-refractivity contribution in [3.63, 3.8) is 0 Å². The van der Waals surface area contributed by atoms with Gasteiger partial charge in [0.2, 0.25) is 0 Å². The molecule has 1 aliphatic rings. The van der Waals surface area contributed by atoms with Gasteiger partial charge >= 0.3 is 0 Å². The third-order valence-corrected chi connectivity index (χ3v) is 5.37. The first-order valence-electron chi connectivity index (χ1n) is 9.48. The number of amides is 1. The van der Waals surface area contributed by atoms with E-state index in [1.54, 1.807) is 30.2 Å². The predicted molar refractivity (Wildman–Crippen MR) is 107 cm³/mol. The zero-order valence-corrected chi connectivity index (χ0v) is 16.4. The first-order chi connectivity index (χ1) is 14.1. The number of carbonyl (C=O) groups excluding carboxylic acids is 1. The second-order valence-electron chi connectivity index (χ2n) is 7.31. The molecule has 0 radical (unpaired) electrons. The van der Waals surface area contributed by atoms with Crippen LogP contribution in [-0.4, -0.2) is 39.9 Å². The van der Waals surface area contributed by atoms with Crippen molar-refractivity contribution in [2.75, 3.05) is 0 Å². The van der Waals surface area contributed by atoms with Gasteiger partial charge in [-0.25, -0.2) is 0 Å². The molecule has 0 saturated heterocycles. The summed E-state index contributed by atoms with van der Waals surface area (Å²) in [5, 5.41) is 8.99. The van der Waals surface area contributed by atoms with E-state index in [0.29, 0.717) is 25.3 Å². The fourth-order valence-electron chi connectivity index (χ4n) is 3.85. The minimum absolute atomic E-state index is 0.0394. The van der Waals surface area contributed by atoms with E-state index >= 15 is 0 Å². The molecule has 0 bridgehead atoms. The number of hydrogen-bond acceptors (Lipinski definition) is 4. The lowest BCUT2D eigenvalue weighted by Gasteiger charge is -2.21. The third-order valence-electron chi connectivity index (χ3n) is 5.37. The molecule has 1 aliphatic heterocycles. The number of aryl methyl sites for hydroxylation is 2. The molecule has 0 saturated carbocycles. The molecule has 146 valence electrons. The largest absolute Gasteiger partial charge is 0.352 e. The molecule has 4 aromatic rings. The Morgan fingerprint density at radius 2 is 2.00 bits per heavy atom. The summed E-state index contributed by atoms with van der Waals surface area (Å²) in [7, 11) is 3.79. The van der Waals surface area contributed by atoms with Crippen LogP contribution >= 0.6 is 0 Å². The van der Waals surface area contributed by atoms with Gasteiger partial charge < -0.3 is 9.47 Å². The Kier molecular flexibility index (Phi) is 4.04. The molecule has 0 unspecified atom stereocenters. The molecule has 0 atom stereocenters. The van der Waals surface area contributed by atoms with Gasteiger partial charge in [-0.15, -0.1) is 0 Å². The van der Waals surface area contributed by atoms with E-state index in [1.165, 1.54) is 0 Å². The van der Waals surface area contributed by atoms with Gasteiger partial charge in [0, 0.05) is 55.7 Å². The molecule has 29 heavy (non-hydrogen) atoms. The Bertz CT molecular complexity index is 1190. The van der Waals surface area contributed by atoms with Crippen molar-refractivity contribution < 1.29 is 4.79 Å². The molecule has 5 rings (SSSR count). The summed E-state index contributed by atoms with van der Waals surface area (Å²) < 4.78 is 5.58. The first-order valence-corrected chi connectivity index (χ1v) is 9.48. The Hall–Kier alpha value is -3.68. The van der Waals surface area contributed by atoms with Crippen LogP contribution in [0.4, 0.5) is 0 Å². The molecule has 8 nitrogen and oxygen atoms in total. The second-order valence-corrected chi connectivity index (χ2v) is 7.31. The van der Waals surface area contributed by atoms with E-state index in [-0.39, 0.29) is 5.91 Å². The Morgan fingerprint density at radius 1 is 1.10 bits per heavy atom. The number of aromatic nitrogens is 6. The summed E-state index contributed by atoms with van der Waals surface area (Å²) in [6, 6.07) is 9.69. The lowest BCUT2D eigenvalue weighted by atomic mass is 10.1. The minimum atomic E-state index is -0.0394. The van der Waals surface area contributed by atoms with Gasteiger partial charge in [-0.2, -0.15) is 10.2 Å². The van der Waals surface area contributed by atoms with Crippen LogP contribution in [-0.2, 0) is 33.7 Å². The fourth-order valence-corrected chi connectivity index (χ4v) is 3.85. The zero-order chi connectivity index (χ0) is 20.0. The highest BCUT2D eigenvalue weighted by Crippen LogP contribution is 2.32. The van der Waals surface area contributed by atoms with E-state index in [9.17, 15) is 4.79 Å². The second kappa shape index (κ2) is 6.73. The highest BCUT2D eigenvalue weighted by molar-refractivity contribution is 5.93. The van der Waals surface area contributed by atoms with Crippen LogP contribution in [0.5, 0.6) is 0 Å². The molecule has 5 heterocycles. The summed E-state index contributed by atoms with van der Waals surface area (Å²) in [6.07, 6.45) is 7.47. The van der Waals surface area contributed by atoms with Crippen LogP contribution in [0, 0.1) is 0 Å². The summed E-state index contributed by atoms with van der Waals surface area (Å²) in [4.78, 5) is 19.5. The molecule has 0 fully saturated rings. The summed E-state index contributed by atoms with van der Waals surface area (Å²) in [5.41, 5.74) is 5.62. The number of rotatable bonds is 3. The Labute approximate surface area is 168 Å². The average Bonchev–Trinajstić information content (AvgIpc) is 3.39. The van der Waals surface area contributed by atoms with Crippen LogP contribution < -0.4 is 0 Å². The minimum Gasteiger partial charge on any atom is -0.352 e. The molecule has 1 amide bonds. The van der Waals surface area contributed by atoms with E-state index in [0.717, 1.165) is 28.2 Å². The fraction of sp³-hybridized carbons (Fsp3) is 0.238. The highest BCUT2D eigenvalue weighted by atomic mass is 16.2. The van der Waals surface area contributed by atoms with Gasteiger partial charge in [0.15, 0.2) is 0 Å². The first kappa shape index (κ1) is 17.4. The van der Waals surface area contributed by atoms with E-state index < -0.39 is 0 Å². The van der Waals surface area contributed by atoms with Gasteiger partial charge in [0.1, 0.15) is 5.69 Å². The van der Waals surface area contributed by atoms with Gasteiger partial charge in [0.25, 0.3) is 5.91 Å². The Morgan fingerprint density at radius 3 is 2.76 bits per heavy atom. The predicted octanol–water partition coefficient (Wildman–Crippen LogP) is 2.22. The van der Waals surface area contributed by atoms with E-state index in [2.05, 4.69) is 20.7 Å². The number of hydrogen-bond donors (Lipinski definition) is 0. The molecule has 0 spiro atoms. The number of fused-ring (bicyclic) bond motifs is 3. The molecular weight excluding hydrogens is 366 g/mol. The van der Waals surface area contributed by atoms with Crippen LogP contribution in [0.25, 0.3) is 11.3 Å². The van der Waals surface area contributed by atoms with Crippen LogP contribution in [0.15, 0.2) is 55.1 Å². The number of carbonyl (C=O) groups is 1. The van der Waals surface area contributed by atoms with Crippen LogP contribution in [0.1, 0.15) is 27.4 Å². The summed E-state index contributed by atoms with van der Waals surface area (Å²) in [5.74, 6) is -0.0394. The zero-order valence-electron chi connectivity index (χ0n) is 16.4. The molecule has 0 aliphatic carbocycles. The van der Waals surface area contributed by atoms with E-state index in [1.807, 2.05) is 47.2 Å². The van der Waals surface area contributed by atoms with Crippen molar-refractivity contribution >= 4 is 5.91 Å². The lowest BCUT2D eigenvalue weighted by Crippen LogP contribution is -2.31. The maximum Gasteiger partial charge on any atom is 0.272 e. The van der Waals surface area contributed by atoms with Crippen LogP contribution in [0.2, 0.25) is 0 Å². The summed E-state index contributed by atoms with van der Waals surface area (Å²) in [6.45, 7) is 1.61. The Balaban J connectivity index is 1.55. The van der Waals surface area contributed by atoms with Gasteiger partial charge in [0.05, 0.1) is 31.0 Å². The molecule has 0 N–H and O–H groups in total. The van der Waals surface area contributed by atoms with Gasteiger partial charge in [-0.1, -0.05) is 6.07 Å². The topological polar surface area (TPSA) is 73.8 Å². The third kappa shape index (κ3) is 3.02. The van der Waals surface area contributed by atoms with Crippen molar-refractivity contribution in [1.82, 2.24) is 34.0 Å².